The van der Waals surface area contributed by atoms with Gasteiger partial charge in [-0.05, 0) is 6.07 Å². The lowest BCUT2D eigenvalue weighted by Gasteiger charge is -1.99. The standard InChI is InChI=1S/C13H11BrNO.BrH/c14-13-8-4-5-9-15(13)10-12(16)11-6-2-1-3-7-11;/h1-9H,10H2;1H/q+1;/p-1. The third-order valence-corrected chi connectivity index (χ3v) is 3.01. The lowest BCUT2D eigenvalue weighted by Crippen LogP contribution is -3.00. The van der Waals surface area contributed by atoms with E-state index in [1.54, 1.807) is 0 Å². The van der Waals surface area contributed by atoms with E-state index >= 15 is 0 Å². The number of hydrogen-bond donors (Lipinski definition) is 0. The average molecular weight is 357 g/mol. The number of benzene rings is 1. The van der Waals surface area contributed by atoms with Crippen molar-refractivity contribution < 1.29 is 26.3 Å². The molecule has 2 aromatic rings. The molecule has 0 bridgehead atoms. The second-order valence-electron chi connectivity index (χ2n) is 3.44. The summed E-state index contributed by atoms with van der Waals surface area (Å²) in [7, 11) is 0. The number of ketones is 1. The van der Waals surface area contributed by atoms with E-state index in [1.165, 1.54) is 0 Å². The van der Waals surface area contributed by atoms with Gasteiger partial charge in [0.25, 0.3) is 0 Å². The minimum Gasteiger partial charge on any atom is -1.00 e. The molecule has 0 spiro atoms. The first-order chi connectivity index (χ1) is 7.77. The molecule has 0 saturated heterocycles. The molecule has 17 heavy (non-hydrogen) atoms. The molecule has 0 saturated carbocycles. The Labute approximate surface area is 119 Å². The molecule has 0 aliphatic carbocycles. The average Bonchev–Trinajstić information content (AvgIpc) is 2.33. The van der Waals surface area contributed by atoms with Crippen molar-refractivity contribution in [3.8, 4) is 0 Å². The Hall–Kier alpha value is -1.00. The zero-order chi connectivity index (χ0) is 11.4. The van der Waals surface area contributed by atoms with Gasteiger partial charge < -0.3 is 17.0 Å². The molecule has 0 aliphatic heterocycles. The summed E-state index contributed by atoms with van der Waals surface area (Å²) in [6.45, 7) is 0.353. The highest BCUT2D eigenvalue weighted by Crippen LogP contribution is 2.03. The number of carbonyl (C=O) groups excluding carboxylic acids is 1. The van der Waals surface area contributed by atoms with Gasteiger partial charge in [0.1, 0.15) is 0 Å². The molecule has 0 aliphatic rings. The van der Waals surface area contributed by atoms with Gasteiger partial charge in [-0.3, -0.25) is 4.79 Å². The van der Waals surface area contributed by atoms with Crippen LogP contribution in [-0.2, 0) is 6.54 Å². The van der Waals surface area contributed by atoms with E-state index in [0.717, 1.165) is 10.2 Å². The molecule has 0 amide bonds. The fourth-order valence-corrected chi connectivity index (χ4v) is 1.85. The van der Waals surface area contributed by atoms with E-state index in [1.807, 2.05) is 59.3 Å². The lowest BCUT2D eigenvalue weighted by atomic mass is 10.1. The van der Waals surface area contributed by atoms with Gasteiger partial charge in [0, 0.05) is 33.6 Å². The fourth-order valence-electron chi connectivity index (χ4n) is 1.45. The van der Waals surface area contributed by atoms with Crippen LogP contribution in [-0.4, -0.2) is 5.78 Å². The van der Waals surface area contributed by atoms with Gasteiger partial charge in [-0.2, -0.15) is 4.57 Å². The summed E-state index contributed by atoms with van der Waals surface area (Å²) in [5.74, 6) is 0.109. The number of pyridine rings is 1. The van der Waals surface area contributed by atoms with Gasteiger partial charge in [0.05, 0.1) is 0 Å². The van der Waals surface area contributed by atoms with Crippen molar-refractivity contribution >= 4 is 21.7 Å². The Bertz CT molecular complexity index is 500. The molecule has 0 fully saturated rings. The highest BCUT2D eigenvalue weighted by molar-refractivity contribution is 9.10. The summed E-state index contributed by atoms with van der Waals surface area (Å²) in [5.41, 5.74) is 0.741. The van der Waals surface area contributed by atoms with Crippen molar-refractivity contribution in [2.24, 2.45) is 0 Å². The first-order valence-corrected chi connectivity index (χ1v) is 5.79. The van der Waals surface area contributed by atoms with Gasteiger partial charge in [-0.25, -0.2) is 0 Å². The summed E-state index contributed by atoms with van der Waals surface area (Å²) in [6, 6.07) is 15.1. The van der Waals surface area contributed by atoms with Crippen molar-refractivity contribution in [3.05, 3.63) is 64.9 Å². The smallest absolute Gasteiger partial charge is 0.248 e. The van der Waals surface area contributed by atoms with Crippen LogP contribution in [0.15, 0.2) is 59.3 Å². The van der Waals surface area contributed by atoms with Crippen LogP contribution in [0.25, 0.3) is 0 Å². The first-order valence-electron chi connectivity index (χ1n) is 4.99. The molecule has 0 atom stereocenters. The molecule has 2 nitrogen and oxygen atoms in total. The van der Waals surface area contributed by atoms with Crippen LogP contribution >= 0.6 is 15.9 Å². The molecule has 0 radical (unpaired) electrons. The summed E-state index contributed by atoms with van der Waals surface area (Å²) in [4.78, 5) is 11.9. The predicted octanol–water partition coefficient (Wildman–Crippen LogP) is -0.377. The Morgan fingerprint density at radius 1 is 1.06 bits per heavy atom. The second kappa shape index (κ2) is 6.67. The molecule has 0 N–H and O–H groups in total. The number of halogens is 2. The number of rotatable bonds is 3. The quantitative estimate of drug-likeness (QED) is 0.417. The van der Waals surface area contributed by atoms with Crippen LogP contribution in [0.1, 0.15) is 10.4 Å². The zero-order valence-corrected chi connectivity index (χ0v) is 12.2. The largest absolute Gasteiger partial charge is 1.00 e. The predicted molar refractivity (Wildman–Crippen MR) is 65.1 cm³/mol. The van der Waals surface area contributed by atoms with Gasteiger partial charge in [-0.15, -0.1) is 0 Å². The van der Waals surface area contributed by atoms with Crippen molar-refractivity contribution in [2.75, 3.05) is 0 Å². The summed E-state index contributed by atoms with van der Waals surface area (Å²) >= 11 is 3.41. The van der Waals surface area contributed by atoms with Crippen LogP contribution in [0, 0.1) is 0 Å². The Morgan fingerprint density at radius 2 is 1.71 bits per heavy atom. The van der Waals surface area contributed by atoms with Crippen molar-refractivity contribution in [2.45, 2.75) is 6.54 Å². The summed E-state index contributed by atoms with van der Waals surface area (Å²) < 4.78 is 2.77. The zero-order valence-electron chi connectivity index (χ0n) is 9.01. The van der Waals surface area contributed by atoms with E-state index in [-0.39, 0.29) is 22.8 Å². The maximum Gasteiger partial charge on any atom is 0.248 e. The van der Waals surface area contributed by atoms with E-state index < -0.39 is 0 Å². The van der Waals surface area contributed by atoms with Gasteiger partial charge >= 0.3 is 0 Å². The van der Waals surface area contributed by atoms with Crippen LogP contribution in [0.2, 0.25) is 0 Å². The number of nitrogens with zero attached hydrogens (tertiary/aromatic N) is 1. The molecule has 1 heterocycles. The molecule has 1 aromatic carbocycles. The molecular weight excluding hydrogens is 346 g/mol. The normalized spacial score (nSPS) is 9.47. The van der Waals surface area contributed by atoms with E-state index in [4.69, 9.17) is 0 Å². The second-order valence-corrected chi connectivity index (χ2v) is 4.25. The van der Waals surface area contributed by atoms with Crippen LogP contribution in [0.4, 0.5) is 0 Å². The molecule has 88 valence electrons. The van der Waals surface area contributed by atoms with Crippen LogP contribution in [0.5, 0.6) is 0 Å². The number of Topliss-reactive ketones (excluding diaryl/α,β-unsaturated/α-hetero) is 1. The maximum atomic E-state index is 11.9. The van der Waals surface area contributed by atoms with Crippen molar-refractivity contribution in [1.29, 1.82) is 0 Å². The van der Waals surface area contributed by atoms with E-state index in [0.29, 0.717) is 6.54 Å². The number of hydrogen-bond acceptors (Lipinski definition) is 1. The maximum absolute atomic E-state index is 11.9. The van der Waals surface area contributed by atoms with Crippen LogP contribution < -0.4 is 21.5 Å². The molecule has 0 unspecified atom stereocenters. The third-order valence-electron chi connectivity index (χ3n) is 2.29. The first kappa shape index (κ1) is 14.1. The summed E-state index contributed by atoms with van der Waals surface area (Å²) in [6.07, 6.45) is 1.88. The SMILES string of the molecule is O=C(C[n+]1ccccc1Br)c1ccccc1.[Br-]. The fraction of sp³-hybridized carbons (Fsp3) is 0.0769. The topological polar surface area (TPSA) is 20.9 Å². The Balaban J connectivity index is 0.00000144. The molecule has 2 rings (SSSR count). The van der Waals surface area contributed by atoms with Crippen LogP contribution in [0.3, 0.4) is 0 Å². The third kappa shape index (κ3) is 3.75. The van der Waals surface area contributed by atoms with Crippen molar-refractivity contribution in [1.82, 2.24) is 0 Å². The van der Waals surface area contributed by atoms with Gasteiger partial charge in [0.15, 0.2) is 6.20 Å². The van der Waals surface area contributed by atoms with E-state index in [9.17, 15) is 4.79 Å². The number of carbonyl (C=O) groups is 1. The minimum absolute atomic E-state index is 0. The Kier molecular flexibility index (Phi) is 5.51. The van der Waals surface area contributed by atoms with Gasteiger partial charge in [-0.1, -0.05) is 30.3 Å². The highest BCUT2D eigenvalue weighted by atomic mass is 79.9. The van der Waals surface area contributed by atoms with Gasteiger partial charge in [0.2, 0.25) is 16.9 Å². The molecule has 4 heteroatoms. The minimum atomic E-state index is 0. The molecular formula is C13H11Br2NO. The van der Waals surface area contributed by atoms with E-state index in [2.05, 4.69) is 15.9 Å². The highest BCUT2D eigenvalue weighted by Gasteiger charge is 2.13. The monoisotopic (exact) mass is 355 g/mol. The summed E-state index contributed by atoms with van der Waals surface area (Å²) in [5, 5.41) is 0. The lowest BCUT2D eigenvalue weighted by molar-refractivity contribution is -0.694. The molecule has 1 aromatic heterocycles. The van der Waals surface area contributed by atoms with Crippen molar-refractivity contribution in [3.63, 3.8) is 0 Å². The number of aromatic nitrogens is 1. The Morgan fingerprint density at radius 3 is 2.35 bits per heavy atom.